The van der Waals surface area contributed by atoms with Crippen LogP contribution in [-0.2, 0) is 4.74 Å². The summed E-state index contributed by atoms with van der Waals surface area (Å²) in [5.74, 6) is -0.104. The van der Waals surface area contributed by atoms with Crippen molar-refractivity contribution in [3.63, 3.8) is 0 Å². The SMILES string of the molecule is CC(C)(C)OC(=O)NCCCCCCOc1cc(O)cc(OCC(F)(F)F)c1. The van der Waals surface area contributed by atoms with Crippen LogP contribution in [0.15, 0.2) is 18.2 Å². The second-order valence-corrected chi connectivity index (χ2v) is 7.26. The van der Waals surface area contributed by atoms with Crippen molar-refractivity contribution in [2.75, 3.05) is 19.8 Å². The highest BCUT2D eigenvalue weighted by atomic mass is 19.4. The minimum absolute atomic E-state index is 0.111. The Morgan fingerprint density at radius 3 is 2.21 bits per heavy atom. The van der Waals surface area contributed by atoms with Crippen LogP contribution in [0.25, 0.3) is 0 Å². The highest BCUT2D eigenvalue weighted by molar-refractivity contribution is 5.67. The smallest absolute Gasteiger partial charge is 0.422 e. The lowest BCUT2D eigenvalue weighted by Gasteiger charge is -2.19. The molecule has 160 valence electrons. The molecule has 0 radical (unpaired) electrons. The van der Waals surface area contributed by atoms with E-state index < -0.39 is 24.5 Å². The number of carbonyl (C=O) groups excluding carboxylic acids is 1. The van der Waals surface area contributed by atoms with Crippen LogP contribution in [0.4, 0.5) is 18.0 Å². The zero-order valence-corrected chi connectivity index (χ0v) is 16.4. The number of phenolic OH excluding ortho intramolecular Hbond substituents is 1. The van der Waals surface area contributed by atoms with E-state index in [1.165, 1.54) is 12.1 Å². The van der Waals surface area contributed by atoms with Gasteiger partial charge in [0.2, 0.25) is 0 Å². The van der Waals surface area contributed by atoms with Gasteiger partial charge in [-0.2, -0.15) is 13.2 Å². The van der Waals surface area contributed by atoms with Gasteiger partial charge in [-0.1, -0.05) is 12.8 Å². The number of amides is 1. The standard InChI is InChI=1S/C19H28F3NO5/c1-18(2,3)28-17(25)23-8-6-4-5-7-9-26-15-10-14(24)11-16(12-15)27-13-19(20,21)22/h10-12,24H,4-9,13H2,1-3H3,(H,23,25). The summed E-state index contributed by atoms with van der Waals surface area (Å²) in [5, 5.41) is 12.2. The monoisotopic (exact) mass is 407 g/mol. The molecule has 0 fully saturated rings. The van der Waals surface area contributed by atoms with Crippen molar-refractivity contribution in [2.24, 2.45) is 0 Å². The van der Waals surface area contributed by atoms with Crippen LogP contribution in [-0.4, -0.2) is 42.7 Å². The first kappa shape index (κ1) is 23.7. The Morgan fingerprint density at radius 1 is 1.00 bits per heavy atom. The molecule has 0 aliphatic heterocycles. The fourth-order valence-corrected chi connectivity index (χ4v) is 2.16. The Bertz CT molecular complexity index is 615. The molecule has 1 rings (SSSR count). The van der Waals surface area contributed by atoms with Gasteiger partial charge in [0.05, 0.1) is 6.61 Å². The molecular weight excluding hydrogens is 379 g/mol. The summed E-state index contributed by atoms with van der Waals surface area (Å²) in [6.45, 7) is 4.82. The van der Waals surface area contributed by atoms with Crippen molar-refractivity contribution < 1.29 is 37.3 Å². The van der Waals surface area contributed by atoms with Crippen LogP contribution in [0.1, 0.15) is 46.5 Å². The van der Waals surface area contributed by atoms with Crippen molar-refractivity contribution in [3.8, 4) is 17.2 Å². The molecule has 0 saturated carbocycles. The highest BCUT2D eigenvalue weighted by Gasteiger charge is 2.28. The van der Waals surface area contributed by atoms with Crippen LogP contribution in [0, 0.1) is 0 Å². The number of hydrogen-bond acceptors (Lipinski definition) is 5. The van der Waals surface area contributed by atoms with E-state index >= 15 is 0 Å². The normalized spacial score (nSPS) is 11.8. The molecule has 0 atom stereocenters. The third-order valence-electron chi connectivity index (χ3n) is 3.28. The zero-order valence-electron chi connectivity index (χ0n) is 16.4. The number of ether oxygens (including phenoxy) is 3. The van der Waals surface area contributed by atoms with Crippen LogP contribution >= 0.6 is 0 Å². The molecule has 0 aliphatic rings. The van der Waals surface area contributed by atoms with Gasteiger partial charge in [-0.15, -0.1) is 0 Å². The van der Waals surface area contributed by atoms with Gasteiger partial charge in [-0.05, 0) is 33.6 Å². The van der Waals surface area contributed by atoms with Gasteiger partial charge in [0.1, 0.15) is 22.8 Å². The quantitative estimate of drug-likeness (QED) is 0.545. The molecular formula is C19H28F3NO5. The van der Waals surface area contributed by atoms with E-state index in [1.807, 2.05) is 0 Å². The van der Waals surface area contributed by atoms with Crippen LogP contribution in [0.3, 0.4) is 0 Å². The summed E-state index contributed by atoms with van der Waals surface area (Å²) < 4.78 is 51.7. The van der Waals surface area contributed by atoms with Gasteiger partial charge in [0.15, 0.2) is 6.61 Å². The number of rotatable bonds is 10. The van der Waals surface area contributed by atoms with Gasteiger partial charge in [0, 0.05) is 24.7 Å². The minimum Gasteiger partial charge on any atom is -0.508 e. The highest BCUT2D eigenvalue weighted by Crippen LogP contribution is 2.28. The average Bonchev–Trinajstić information content (AvgIpc) is 2.52. The van der Waals surface area contributed by atoms with E-state index in [2.05, 4.69) is 10.1 Å². The first-order chi connectivity index (χ1) is 12.9. The molecule has 28 heavy (non-hydrogen) atoms. The molecule has 1 aromatic carbocycles. The number of alkyl carbamates (subject to hydrolysis) is 1. The molecule has 9 heteroatoms. The average molecular weight is 407 g/mol. The lowest BCUT2D eigenvalue weighted by molar-refractivity contribution is -0.153. The fourth-order valence-electron chi connectivity index (χ4n) is 2.16. The van der Waals surface area contributed by atoms with Gasteiger partial charge in [-0.3, -0.25) is 0 Å². The third-order valence-corrected chi connectivity index (χ3v) is 3.28. The molecule has 0 aliphatic carbocycles. The fraction of sp³-hybridized carbons (Fsp3) is 0.632. The molecule has 0 heterocycles. The number of alkyl halides is 3. The van der Waals surface area contributed by atoms with E-state index in [-0.39, 0.29) is 17.2 Å². The maximum Gasteiger partial charge on any atom is 0.422 e. The number of aromatic hydroxyl groups is 1. The largest absolute Gasteiger partial charge is 0.508 e. The maximum absolute atomic E-state index is 12.2. The molecule has 1 aromatic rings. The summed E-state index contributed by atoms with van der Waals surface area (Å²) in [6.07, 6.45) is -1.65. The summed E-state index contributed by atoms with van der Waals surface area (Å²) in [7, 11) is 0. The van der Waals surface area contributed by atoms with Crippen LogP contribution < -0.4 is 14.8 Å². The predicted octanol–water partition coefficient (Wildman–Crippen LogP) is 4.80. The Balaban J connectivity index is 2.19. The molecule has 0 saturated heterocycles. The Morgan fingerprint density at radius 2 is 1.61 bits per heavy atom. The van der Waals surface area contributed by atoms with Crippen molar-refractivity contribution >= 4 is 6.09 Å². The number of hydrogen-bond donors (Lipinski definition) is 2. The van der Waals surface area contributed by atoms with Gasteiger partial charge < -0.3 is 24.6 Å². The molecule has 0 unspecified atom stereocenters. The third kappa shape index (κ3) is 12.1. The van der Waals surface area contributed by atoms with E-state index in [0.29, 0.717) is 13.2 Å². The first-order valence-electron chi connectivity index (χ1n) is 9.08. The topological polar surface area (TPSA) is 77.0 Å². The number of phenols is 1. The van der Waals surface area contributed by atoms with Crippen molar-refractivity contribution in [1.82, 2.24) is 5.32 Å². The van der Waals surface area contributed by atoms with Crippen LogP contribution in [0.5, 0.6) is 17.2 Å². The molecule has 0 aromatic heterocycles. The summed E-state index contributed by atoms with van der Waals surface area (Å²) in [4.78, 5) is 11.5. The number of halogens is 3. The van der Waals surface area contributed by atoms with Gasteiger partial charge >= 0.3 is 12.3 Å². The summed E-state index contributed by atoms with van der Waals surface area (Å²) >= 11 is 0. The zero-order chi connectivity index (χ0) is 21.2. The van der Waals surface area contributed by atoms with E-state index in [0.717, 1.165) is 31.7 Å². The maximum atomic E-state index is 12.2. The lowest BCUT2D eigenvalue weighted by Crippen LogP contribution is -2.32. The molecule has 1 amide bonds. The number of nitrogens with one attached hydrogen (secondary N) is 1. The molecule has 0 spiro atoms. The summed E-state index contributed by atoms with van der Waals surface area (Å²) in [5.41, 5.74) is -0.523. The Hall–Kier alpha value is -2.32. The second-order valence-electron chi connectivity index (χ2n) is 7.26. The lowest BCUT2D eigenvalue weighted by atomic mass is 10.2. The first-order valence-corrected chi connectivity index (χ1v) is 9.08. The molecule has 0 bridgehead atoms. The van der Waals surface area contributed by atoms with Crippen molar-refractivity contribution in [3.05, 3.63) is 18.2 Å². The molecule has 2 N–H and O–H groups in total. The van der Waals surface area contributed by atoms with Gasteiger partial charge in [0.25, 0.3) is 0 Å². The summed E-state index contributed by atoms with van der Waals surface area (Å²) in [6, 6.07) is 3.71. The van der Waals surface area contributed by atoms with E-state index in [4.69, 9.17) is 9.47 Å². The van der Waals surface area contributed by atoms with E-state index in [1.54, 1.807) is 20.8 Å². The Kier molecular flexibility index (Phi) is 9.21. The predicted molar refractivity (Wildman–Crippen MR) is 97.9 cm³/mol. The van der Waals surface area contributed by atoms with Gasteiger partial charge in [-0.25, -0.2) is 4.79 Å². The second kappa shape index (κ2) is 10.9. The Labute approximate surface area is 163 Å². The van der Waals surface area contributed by atoms with Crippen LogP contribution in [0.2, 0.25) is 0 Å². The number of unbranched alkanes of at least 4 members (excludes halogenated alkanes) is 3. The minimum atomic E-state index is -4.45. The number of benzene rings is 1. The van der Waals surface area contributed by atoms with Crippen molar-refractivity contribution in [1.29, 1.82) is 0 Å². The van der Waals surface area contributed by atoms with Crippen molar-refractivity contribution in [2.45, 2.75) is 58.2 Å². The van der Waals surface area contributed by atoms with E-state index in [9.17, 15) is 23.1 Å². The number of carbonyl (C=O) groups is 1. The molecule has 6 nitrogen and oxygen atoms in total.